The van der Waals surface area contributed by atoms with Crippen LogP contribution in [0.2, 0.25) is 0 Å². The van der Waals surface area contributed by atoms with Crippen LogP contribution in [-0.2, 0) is 16.0 Å². The summed E-state index contributed by atoms with van der Waals surface area (Å²) in [6.45, 7) is 1.97. The largest absolute Gasteiger partial charge is 0.352 e. The smallest absolute Gasteiger partial charge is 0.254 e. The zero-order chi connectivity index (χ0) is 19.1. The van der Waals surface area contributed by atoms with Crippen LogP contribution in [0.25, 0.3) is 16.8 Å². The lowest BCUT2D eigenvalue weighted by Crippen LogP contribution is -2.28. The van der Waals surface area contributed by atoms with Crippen LogP contribution >= 0.6 is 0 Å². The van der Waals surface area contributed by atoms with Crippen molar-refractivity contribution in [1.82, 2.24) is 5.32 Å². The first-order chi connectivity index (χ1) is 13.1. The van der Waals surface area contributed by atoms with Gasteiger partial charge in [-0.3, -0.25) is 9.59 Å². The van der Waals surface area contributed by atoms with Gasteiger partial charge in [0, 0.05) is 6.54 Å². The Morgan fingerprint density at radius 1 is 0.889 bits per heavy atom. The molecule has 0 saturated carbocycles. The minimum atomic E-state index is -0.316. The summed E-state index contributed by atoms with van der Waals surface area (Å²) in [5, 5.41) is 4.98. The van der Waals surface area contributed by atoms with E-state index in [4.69, 9.17) is 0 Å². The van der Waals surface area contributed by atoms with Crippen LogP contribution < -0.4 is 5.32 Å². The summed E-state index contributed by atoms with van der Waals surface area (Å²) in [5.74, 6) is -0.549. The molecule has 1 N–H and O–H groups in total. The number of hydrogen-bond donors (Lipinski definition) is 1. The molecular weight excluding hydrogens is 334 g/mol. The number of aryl methyl sites for hydroxylation is 1. The second-order valence-corrected chi connectivity index (χ2v) is 6.53. The molecule has 0 heterocycles. The van der Waals surface area contributed by atoms with Gasteiger partial charge in [0.05, 0.1) is 5.57 Å². The summed E-state index contributed by atoms with van der Waals surface area (Å²) in [4.78, 5) is 24.6. The Morgan fingerprint density at radius 2 is 1.59 bits per heavy atom. The maximum atomic E-state index is 12.5. The van der Waals surface area contributed by atoms with Gasteiger partial charge in [-0.1, -0.05) is 72.8 Å². The van der Waals surface area contributed by atoms with Crippen LogP contribution in [0, 0.1) is 0 Å². The van der Waals surface area contributed by atoms with Crippen LogP contribution in [-0.4, -0.2) is 18.2 Å². The molecule has 3 nitrogen and oxygen atoms in total. The molecule has 1 amide bonds. The Hall–Kier alpha value is -3.20. The number of carbonyl (C=O) groups excluding carboxylic acids is 2. The third kappa shape index (κ3) is 4.91. The molecule has 3 rings (SSSR count). The highest BCUT2D eigenvalue weighted by Crippen LogP contribution is 2.21. The summed E-state index contributed by atoms with van der Waals surface area (Å²) in [5.41, 5.74) is 2.30. The molecule has 27 heavy (non-hydrogen) atoms. The molecule has 0 spiro atoms. The Bertz CT molecular complexity index is 969. The molecule has 0 aromatic heterocycles. The van der Waals surface area contributed by atoms with Crippen molar-refractivity contribution in [2.45, 2.75) is 19.8 Å². The lowest BCUT2D eigenvalue weighted by Gasteiger charge is -2.08. The van der Waals surface area contributed by atoms with Gasteiger partial charge in [0.15, 0.2) is 5.78 Å². The number of Topliss-reactive ketones (excluding diaryl/α,β-unsaturated/α-hetero) is 1. The van der Waals surface area contributed by atoms with Crippen molar-refractivity contribution >= 4 is 28.5 Å². The quantitative estimate of drug-likeness (QED) is 0.292. The molecule has 0 bridgehead atoms. The summed E-state index contributed by atoms with van der Waals surface area (Å²) < 4.78 is 0. The summed E-state index contributed by atoms with van der Waals surface area (Å²) in [6.07, 6.45) is 3.41. The number of benzene rings is 3. The third-order valence-corrected chi connectivity index (χ3v) is 4.52. The van der Waals surface area contributed by atoms with Crippen LogP contribution in [0.5, 0.6) is 0 Å². The van der Waals surface area contributed by atoms with Crippen molar-refractivity contribution in [2.24, 2.45) is 0 Å². The lowest BCUT2D eigenvalue weighted by atomic mass is 10.0. The van der Waals surface area contributed by atoms with E-state index >= 15 is 0 Å². The van der Waals surface area contributed by atoms with Crippen molar-refractivity contribution in [3.63, 3.8) is 0 Å². The molecule has 3 aromatic carbocycles. The fourth-order valence-electron chi connectivity index (χ4n) is 3.09. The highest BCUT2D eigenvalue weighted by atomic mass is 16.2. The number of amides is 1. The van der Waals surface area contributed by atoms with E-state index in [2.05, 4.69) is 17.4 Å². The maximum Gasteiger partial charge on any atom is 0.254 e. The van der Waals surface area contributed by atoms with Crippen LogP contribution in [0.3, 0.4) is 0 Å². The number of fused-ring (bicyclic) bond motifs is 1. The fraction of sp³-hybridized carbons (Fsp3) is 0.167. The molecule has 0 aliphatic rings. The summed E-state index contributed by atoms with van der Waals surface area (Å²) in [6, 6.07) is 24.0. The van der Waals surface area contributed by atoms with E-state index < -0.39 is 0 Å². The molecule has 0 atom stereocenters. The van der Waals surface area contributed by atoms with E-state index in [0.717, 1.165) is 29.2 Å². The SMILES string of the molecule is CC(=O)/C(=C/c1cccc2ccccc12)C(=O)NCCCc1ccccc1. The minimum Gasteiger partial charge on any atom is -0.352 e. The van der Waals surface area contributed by atoms with Crippen molar-refractivity contribution < 1.29 is 9.59 Å². The van der Waals surface area contributed by atoms with E-state index in [1.165, 1.54) is 12.5 Å². The van der Waals surface area contributed by atoms with Gasteiger partial charge in [-0.2, -0.15) is 0 Å². The molecule has 0 unspecified atom stereocenters. The van der Waals surface area contributed by atoms with Crippen molar-refractivity contribution in [3.8, 4) is 0 Å². The van der Waals surface area contributed by atoms with Gasteiger partial charge >= 0.3 is 0 Å². The molecule has 0 saturated heterocycles. The standard InChI is InChI=1S/C24H23NO2/c1-18(26)23(17-21-14-7-13-20-12-5-6-15-22(20)21)24(27)25-16-8-11-19-9-3-2-4-10-19/h2-7,9-10,12-15,17H,8,11,16H2,1H3,(H,25,27)/b23-17-. The Balaban J connectivity index is 1.70. The second kappa shape index (κ2) is 8.95. The maximum absolute atomic E-state index is 12.5. The predicted octanol–water partition coefficient (Wildman–Crippen LogP) is 4.56. The van der Waals surface area contributed by atoms with Crippen molar-refractivity contribution in [2.75, 3.05) is 6.54 Å². The molecule has 0 radical (unpaired) electrons. The first-order valence-corrected chi connectivity index (χ1v) is 9.17. The molecular formula is C24H23NO2. The van der Waals surface area contributed by atoms with Gasteiger partial charge in [-0.05, 0) is 47.7 Å². The Morgan fingerprint density at radius 3 is 2.37 bits per heavy atom. The van der Waals surface area contributed by atoms with Gasteiger partial charge < -0.3 is 5.32 Å². The van der Waals surface area contributed by atoms with E-state index in [9.17, 15) is 9.59 Å². The molecule has 136 valence electrons. The normalized spacial score (nSPS) is 11.4. The Kier molecular flexibility index (Phi) is 6.16. The van der Waals surface area contributed by atoms with Crippen molar-refractivity contribution in [1.29, 1.82) is 0 Å². The lowest BCUT2D eigenvalue weighted by molar-refractivity contribution is -0.121. The van der Waals surface area contributed by atoms with Gasteiger partial charge in [0.2, 0.25) is 0 Å². The first-order valence-electron chi connectivity index (χ1n) is 9.17. The fourth-order valence-corrected chi connectivity index (χ4v) is 3.09. The minimum absolute atomic E-state index is 0.186. The molecule has 0 aliphatic carbocycles. The summed E-state index contributed by atoms with van der Waals surface area (Å²) >= 11 is 0. The topological polar surface area (TPSA) is 46.2 Å². The number of hydrogen-bond acceptors (Lipinski definition) is 2. The monoisotopic (exact) mass is 357 g/mol. The molecule has 0 fully saturated rings. The van der Waals surface area contributed by atoms with Gasteiger partial charge in [0.25, 0.3) is 5.91 Å². The number of carbonyl (C=O) groups is 2. The van der Waals surface area contributed by atoms with E-state index in [1.54, 1.807) is 6.08 Å². The zero-order valence-electron chi connectivity index (χ0n) is 15.4. The number of ketones is 1. The van der Waals surface area contributed by atoms with E-state index in [0.29, 0.717) is 6.54 Å². The first kappa shape index (κ1) is 18.6. The highest BCUT2D eigenvalue weighted by Gasteiger charge is 2.14. The molecule has 3 aromatic rings. The third-order valence-electron chi connectivity index (χ3n) is 4.52. The van der Waals surface area contributed by atoms with Crippen LogP contribution in [0.4, 0.5) is 0 Å². The number of nitrogens with one attached hydrogen (secondary N) is 1. The van der Waals surface area contributed by atoms with Gasteiger partial charge in [-0.15, -0.1) is 0 Å². The predicted molar refractivity (Wildman–Crippen MR) is 110 cm³/mol. The molecule has 0 aliphatic heterocycles. The van der Waals surface area contributed by atoms with Gasteiger partial charge in [0.1, 0.15) is 0 Å². The van der Waals surface area contributed by atoms with Gasteiger partial charge in [-0.25, -0.2) is 0 Å². The zero-order valence-corrected chi connectivity index (χ0v) is 15.4. The molecule has 3 heteroatoms. The second-order valence-electron chi connectivity index (χ2n) is 6.53. The van der Waals surface area contributed by atoms with E-state index in [1.807, 2.05) is 60.7 Å². The van der Waals surface area contributed by atoms with Crippen LogP contribution in [0.1, 0.15) is 24.5 Å². The highest BCUT2D eigenvalue weighted by molar-refractivity contribution is 6.22. The Labute approximate surface area is 159 Å². The average molecular weight is 357 g/mol. The van der Waals surface area contributed by atoms with E-state index in [-0.39, 0.29) is 17.3 Å². The van der Waals surface area contributed by atoms with Crippen LogP contribution in [0.15, 0.2) is 78.4 Å². The summed E-state index contributed by atoms with van der Waals surface area (Å²) in [7, 11) is 0. The average Bonchev–Trinajstić information content (AvgIpc) is 2.70. The van der Waals surface area contributed by atoms with Crippen molar-refractivity contribution in [3.05, 3.63) is 89.5 Å². The number of rotatable bonds is 7.